The molecule has 142 valence electrons. The Morgan fingerprint density at radius 2 is 1.92 bits per heavy atom. The molecule has 0 aromatic heterocycles. The zero-order chi connectivity index (χ0) is 18.4. The van der Waals surface area contributed by atoms with E-state index in [9.17, 15) is 9.59 Å². The van der Waals surface area contributed by atoms with Gasteiger partial charge in [0.25, 0.3) is 0 Å². The van der Waals surface area contributed by atoms with Gasteiger partial charge in [-0.25, -0.2) is 0 Å². The van der Waals surface area contributed by atoms with Gasteiger partial charge in [0.1, 0.15) is 12.2 Å². The number of amides is 1. The molecule has 3 rings (SSSR count). The Bertz CT molecular complexity index is 624. The van der Waals surface area contributed by atoms with Crippen LogP contribution >= 0.6 is 0 Å². The van der Waals surface area contributed by atoms with E-state index in [1.165, 1.54) is 31.2 Å². The van der Waals surface area contributed by atoms with E-state index in [-0.39, 0.29) is 12.3 Å². The summed E-state index contributed by atoms with van der Waals surface area (Å²) in [6, 6.07) is 8.37. The molecule has 0 radical (unpaired) electrons. The maximum absolute atomic E-state index is 12.2. The number of carbonyl (C=O) groups excluding carboxylic acids is 2. The minimum Gasteiger partial charge on any atom is -0.493 e. The third kappa shape index (κ3) is 4.77. The van der Waals surface area contributed by atoms with Gasteiger partial charge in [0.05, 0.1) is 13.2 Å². The van der Waals surface area contributed by atoms with Gasteiger partial charge >= 0.3 is 5.97 Å². The lowest BCUT2D eigenvalue weighted by Gasteiger charge is -2.19. The standard InChI is InChI=1S/C21H29NO4/c1-2-25-21(24)13-20(23)22-12-11-16(14-22)15-26-19-10-6-5-9-18(19)17-7-3-4-8-17/h5-6,9-10,16-17H,2-4,7-8,11-15H2,1H3/t16-/m0/s1. The number of carbonyl (C=O) groups is 2. The molecule has 0 spiro atoms. The van der Waals surface area contributed by atoms with Crippen molar-refractivity contribution in [3.05, 3.63) is 29.8 Å². The van der Waals surface area contributed by atoms with Crippen molar-refractivity contribution < 1.29 is 19.1 Å². The first-order valence-electron chi connectivity index (χ1n) is 9.82. The highest BCUT2D eigenvalue weighted by Gasteiger charge is 2.28. The molecule has 1 saturated heterocycles. The number of rotatable bonds is 7. The van der Waals surface area contributed by atoms with Crippen molar-refractivity contribution in [1.29, 1.82) is 0 Å². The molecule has 1 aliphatic carbocycles. The van der Waals surface area contributed by atoms with Gasteiger partial charge in [0.2, 0.25) is 5.91 Å². The van der Waals surface area contributed by atoms with Crippen LogP contribution in [0.1, 0.15) is 56.9 Å². The van der Waals surface area contributed by atoms with Crippen LogP contribution in [-0.4, -0.2) is 43.1 Å². The Morgan fingerprint density at radius 1 is 1.15 bits per heavy atom. The minimum absolute atomic E-state index is 0.141. The van der Waals surface area contributed by atoms with Crippen LogP contribution in [0.4, 0.5) is 0 Å². The van der Waals surface area contributed by atoms with Crippen molar-refractivity contribution >= 4 is 11.9 Å². The molecule has 26 heavy (non-hydrogen) atoms. The molecule has 1 aliphatic heterocycles. The van der Waals surface area contributed by atoms with Crippen molar-refractivity contribution in [2.45, 2.75) is 51.4 Å². The first-order valence-corrected chi connectivity index (χ1v) is 9.82. The number of ether oxygens (including phenoxy) is 2. The second kappa shape index (κ2) is 9.06. The predicted molar refractivity (Wildman–Crippen MR) is 99.1 cm³/mol. The van der Waals surface area contributed by atoms with Crippen LogP contribution in [-0.2, 0) is 14.3 Å². The molecule has 2 fully saturated rings. The van der Waals surface area contributed by atoms with Gasteiger partial charge < -0.3 is 14.4 Å². The molecule has 1 atom stereocenters. The van der Waals surface area contributed by atoms with E-state index < -0.39 is 5.97 Å². The van der Waals surface area contributed by atoms with Crippen LogP contribution < -0.4 is 4.74 Å². The Balaban J connectivity index is 1.49. The summed E-state index contributed by atoms with van der Waals surface area (Å²) in [4.78, 5) is 25.4. The topological polar surface area (TPSA) is 55.8 Å². The lowest BCUT2D eigenvalue weighted by Crippen LogP contribution is -2.31. The smallest absolute Gasteiger partial charge is 0.315 e. The molecule has 1 amide bonds. The molecule has 1 heterocycles. The zero-order valence-corrected chi connectivity index (χ0v) is 15.6. The highest BCUT2D eigenvalue weighted by Crippen LogP contribution is 2.38. The SMILES string of the molecule is CCOC(=O)CC(=O)N1CC[C@H](COc2ccccc2C2CCCC2)C1. The molecular weight excluding hydrogens is 330 g/mol. The van der Waals surface area contributed by atoms with Crippen molar-refractivity contribution in [3.63, 3.8) is 0 Å². The zero-order valence-electron chi connectivity index (χ0n) is 15.6. The van der Waals surface area contributed by atoms with Gasteiger partial charge in [-0.05, 0) is 43.7 Å². The van der Waals surface area contributed by atoms with Crippen molar-refractivity contribution in [3.8, 4) is 5.75 Å². The van der Waals surface area contributed by atoms with E-state index >= 15 is 0 Å². The molecule has 5 nitrogen and oxygen atoms in total. The highest BCUT2D eigenvalue weighted by atomic mass is 16.5. The van der Waals surface area contributed by atoms with Crippen LogP contribution in [0.15, 0.2) is 24.3 Å². The summed E-state index contributed by atoms with van der Waals surface area (Å²) in [7, 11) is 0. The number of hydrogen-bond donors (Lipinski definition) is 0. The number of likely N-dealkylation sites (tertiary alicyclic amines) is 1. The van der Waals surface area contributed by atoms with Crippen molar-refractivity contribution in [2.75, 3.05) is 26.3 Å². The first-order chi connectivity index (χ1) is 12.7. The maximum atomic E-state index is 12.2. The average Bonchev–Trinajstić information content (AvgIpc) is 3.32. The summed E-state index contributed by atoms with van der Waals surface area (Å²) in [6.07, 6.45) is 5.87. The summed E-state index contributed by atoms with van der Waals surface area (Å²) < 4.78 is 11.0. The second-order valence-electron chi connectivity index (χ2n) is 7.31. The van der Waals surface area contributed by atoms with Gasteiger partial charge in [0.15, 0.2) is 0 Å². The summed E-state index contributed by atoms with van der Waals surface area (Å²) in [5.74, 6) is 1.35. The van der Waals surface area contributed by atoms with E-state index in [1.807, 2.05) is 6.07 Å². The average molecular weight is 359 g/mol. The Kier molecular flexibility index (Phi) is 6.53. The summed E-state index contributed by atoms with van der Waals surface area (Å²) in [5.41, 5.74) is 1.33. The molecule has 2 aliphatic rings. The molecule has 1 saturated carbocycles. The Labute approximate surface area is 155 Å². The van der Waals surface area contributed by atoms with Gasteiger partial charge in [0, 0.05) is 19.0 Å². The van der Waals surface area contributed by atoms with E-state index in [0.717, 1.165) is 12.2 Å². The molecule has 0 bridgehead atoms. The van der Waals surface area contributed by atoms with Crippen molar-refractivity contribution in [1.82, 2.24) is 4.90 Å². The fourth-order valence-corrected chi connectivity index (χ4v) is 4.04. The van der Waals surface area contributed by atoms with Crippen LogP contribution in [0.25, 0.3) is 0 Å². The molecule has 0 unspecified atom stereocenters. The van der Waals surface area contributed by atoms with Crippen LogP contribution in [0.3, 0.4) is 0 Å². The largest absolute Gasteiger partial charge is 0.493 e. The number of hydrogen-bond acceptors (Lipinski definition) is 4. The van der Waals surface area contributed by atoms with Crippen LogP contribution in [0.2, 0.25) is 0 Å². The molecule has 5 heteroatoms. The number of nitrogens with zero attached hydrogens (tertiary/aromatic N) is 1. The Morgan fingerprint density at radius 3 is 2.69 bits per heavy atom. The summed E-state index contributed by atoms with van der Waals surface area (Å²) in [6.45, 7) is 4.02. The summed E-state index contributed by atoms with van der Waals surface area (Å²) >= 11 is 0. The van der Waals surface area contributed by atoms with Gasteiger partial charge in [-0.1, -0.05) is 31.0 Å². The normalized spacial score (nSPS) is 20.3. The lowest BCUT2D eigenvalue weighted by molar-refractivity contribution is -0.148. The van der Waals surface area contributed by atoms with Crippen molar-refractivity contribution in [2.24, 2.45) is 5.92 Å². The van der Waals surface area contributed by atoms with E-state index in [0.29, 0.717) is 38.1 Å². The van der Waals surface area contributed by atoms with Gasteiger partial charge in [-0.2, -0.15) is 0 Å². The maximum Gasteiger partial charge on any atom is 0.315 e. The van der Waals surface area contributed by atoms with Crippen LogP contribution in [0.5, 0.6) is 5.75 Å². The number of para-hydroxylation sites is 1. The lowest BCUT2D eigenvalue weighted by atomic mass is 9.97. The quantitative estimate of drug-likeness (QED) is 0.552. The minimum atomic E-state index is -0.442. The molecule has 0 N–H and O–H groups in total. The fourth-order valence-electron chi connectivity index (χ4n) is 4.04. The molecule has 1 aromatic carbocycles. The first kappa shape index (κ1) is 18.7. The Hall–Kier alpha value is -2.04. The van der Waals surface area contributed by atoms with E-state index in [1.54, 1.807) is 11.8 Å². The summed E-state index contributed by atoms with van der Waals surface area (Å²) in [5, 5.41) is 0. The van der Waals surface area contributed by atoms with E-state index in [4.69, 9.17) is 9.47 Å². The van der Waals surface area contributed by atoms with Gasteiger partial charge in [-0.15, -0.1) is 0 Å². The molecular formula is C21H29NO4. The fraction of sp³-hybridized carbons (Fsp3) is 0.619. The van der Waals surface area contributed by atoms with Crippen LogP contribution in [0, 0.1) is 5.92 Å². The number of benzene rings is 1. The highest BCUT2D eigenvalue weighted by molar-refractivity contribution is 5.94. The third-order valence-electron chi connectivity index (χ3n) is 5.43. The second-order valence-corrected chi connectivity index (χ2v) is 7.31. The third-order valence-corrected chi connectivity index (χ3v) is 5.43. The molecule has 1 aromatic rings. The van der Waals surface area contributed by atoms with E-state index in [2.05, 4.69) is 18.2 Å². The van der Waals surface area contributed by atoms with Gasteiger partial charge in [-0.3, -0.25) is 9.59 Å². The number of esters is 1. The monoisotopic (exact) mass is 359 g/mol. The predicted octanol–water partition coefficient (Wildman–Crippen LogP) is 3.52.